The molecule has 0 fully saturated rings. The second-order valence-corrected chi connectivity index (χ2v) is 4.03. The molecule has 0 bridgehead atoms. The van der Waals surface area contributed by atoms with Gasteiger partial charge < -0.3 is 10.4 Å². The number of hydrogen-bond acceptors (Lipinski definition) is 2. The van der Waals surface area contributed by atoms with Gasteiger partial charge in [-0.15, -0.1) is 0 Å². The Kier molecular flexibility index (Phi) is 3.35. The molecule has 2 aromatic carbocycles. The highest BCUT2D eigenvalue weighted by atomic mass is 19.4. The molecule has 0 saturated carbocycles. The Labute approximate surface area is 110 Å². The molecule has 2 rings (SSSR count). The van der Waals surface area contributed by atoms with Crippen LogP contribution >= 0.6 is 0 Å². The monoisotopic (exact) mass is 283 g/mol. The third-order valence-corrected chi connectivity index (χ3v) is 2.60. The molecule has 20 heavy (non-hydrogen) atoms. The summed E-state index contributed by atoms with van der Waals surface area (Å²) in [7, 11) is 0. The first kappa shape index (κ1) is 13.9. The van der Waals surface area contributed by atoms with E-state index in [9.17, 15) is 22.8 Å². The van der Waals surface area contributed by atoms with Crippen LogP contribution in [0.5, 0.6) is 0 Å². The fraction of sp³-hybridized carbons (Fsp3) is 0.0769. The SMILES string of the molecule is O=C(O)c1ccc2cc(NC(=O)C(F)(F)F)ccc2c1. The number of fused-ring (bicyclic) bond motifs is 1. The number of benzene rings is 2. The molecule has 0 unspecified atom stereocenters. The van der Waals surface area contributed by atoms with Crippen molar-refractivity contribution in [2.24, 2.45) is 0 Å². The van der Waals surface area contributed by atoms with Crippen LogP contribution in [0.25, 0.3) is 10.8 Å². The molecule has 0 radical (unpaired) electrons. The average molecular weight is 283 g/mol. The van der Waals surface area contributed by atoms with Crippen molar-refractivity contribution >= 4 is 28.3 Å². The highest BCUT2D eigenvalue weighted by molar-refractivity contribution is 5.99. The van der Waals surface area contributed by atoms with Gasteiger partial charge in [-0.25, -0.2) is 4.79 Å². The van der Waals surface area contributed by atoms with Crippen molar-refractivity contribution in [3.05, 3.63) is 42.0 Å². The predicted octanol–water partition coefficient (Wildman–Crippen LogP) is 3.04. The molecule has 0 atom stereocenters. The van der Waals surface area contributed by atoms with Crippen LogP contribution in [-0.2, 0) is 4.79 Å². The van der Waals surface area contributed by atoms with Gasteiger partial charge in [0.15, 0.2) is 0 Å². The number of halogens is 3. The van der Waals surface area contributed by atoms with E-state index in [0.29, 0.717) is 10.8 Å². The van der Waals surface area contributed by atoms with Gasteiger partial charge in [-0.05, 0) is 35.0 Å². The molecule has 4 nitrogen and oxygen atoms in total. The fourth-order valence-electron chi connectivity index (χ4n) is 1.66. The Hall–Kier alpha value is -2.57. The second-order valence-electron chi connectivity index (χ2n) is 4.03. The van der Waals surface area contributed by atoms with Gasteiger partial charge in [-0.1, -0.05) is 12.1 Å². The lowest BCUT2D eigenvalue weighted by Gasteiger charge is -2.09. The van der Waals surface area contributed by atoms with Crippen LogP contribution in [0, 0.1) is 0 Å². The first-order valence-electron chi connectivity index (χ1n) is 5.42. The molecule has 0 aliphatic carbocycles. The number of carbonyl (C=O) groups excluding carboxylic acids is 1. The van der Waals surface area contributed by atoms with Gasteiger partial charge in [-0.3, -0.25) is 4.79 Å². The summed E-state index contributed by atoms with van der Waals surface area (Å²) < 4.78 is 36.3. The zero-order chi connectivity index (χ0) is 14.9. The number of carboxylic acids is 1. The summed E-state index contributed by atoms with van der Waals surface area (Å²) in [5, 5.41) is 11.6. The molecule has 0 saturated heterocycles. The summed E-state index contributed by atoms with van der Waals surface area (Å²) in [6, 6.07) is 8.24. The molecular formula is C13H8F3NO3. The van der Waals surface area contributed by atoms with Gasteiger partial charge >= 0.3 is 18.1 Å². The maximum Gasteiger partial charge on any atom is 0.471 e. The van der Waals surface area contributed by atoms with Crippen LogP contribution in [-0.4, -0.2) is 23.2 Å². The molecule has 0 aliphatic heterocycles. The van der Waals surface area contributed by atoms with E-state index in [2.05, 4.69) is 0 Å². The summed E-state index contributed by atoms with van der Waals surface area (Å²) in [4.78, 5) is 21.6. The standard InChI is InChI=1S/C13H8F3NO3/c14-13(15,16)12(20)17-10-4-3-7-5-9(11(18)19)2-1-8(7)6-10/h1-6H,(H,17,20)(H,18,19). The predicted molar refractivity (Wildman–Crippen MR) is 65.6 cm³/mol. The average Bonchev–Trinajstić information content (AvgIpc) is 2.36. The van der Waals surface area contributed by atoms with Crippen LogP contribution < -0.4 is 5.32 Å². The van der Waals surface area contributed by atoms with Crippen LogP contribution in [0.3, 0.4) is 0 Å². The molecule has 1 amide bonds. The highest BCUT2D eigenvalue weighted by Crippen LogP contribution is 2.23. The summed E-state index contributed by atoms with van der Waals surface area (Å²) in [5.41, 5.74) is 0.0625. The molecule has 2 aromatic rings. The third-order valence-electron chi connectivity index (χ3n) is 2.60. The van der Waals surface area contributed by atoms with Crippen LogP contribution in [0.15, 0.2) is 36.4 Å². The number of nitrogens with one attached hydrogen (secondary N) is 1. The van der Waals surface area contributed by atoms with Gasteiger partial charge in [0.25, 0.3) is 0 Å². The van der Waals surface area contributed by atoms with Crippen molar-refractivity contribution < 1.29 is 27.9 Å². The van der Waals surface area contributed by atoms with Crippen molar-refractivity contribution in [2.75, 3.05) is 5.32 Å². The minimum Gasteiger partial charge on any atom is -0.478 e. The van der Waals surface area contributed by atoms with Crippen molar-refractivity contribution in [2.45, 2.75) is 6.18 Å². The summed E-state index contributed by atoms with van der Waals surface area (Å²) >= 11 is 0. The molecule has 0 aliphatic rings. The zero-order valence-corrected chi connectivity index (χ0v) is 9.86. The van der Waals surface area contributed by atoms with E-state index in [1.54, 1.807) is 5.32 Å². The number of hydrogen-bond donors (Lipinski definition) is 2. The van der Waals surface area contributed by atoms with Gasteiger partial charge in [0.2, 0.25) is 0 Å². The quantitative estimate of drug-likeness (QED) is 0.890. The van der Waals surface area contributed by atoms with Gasteiger partial charge in [0, 0.05) is 5.69 Å². The Bertz CT molecular complexity index is 695. The summed E-state index contributed by atoms with van der Waals surface area (Å²) in [5.74, 6) is -3.15. The van der Waals surface area contributed by atoms with Crippen LogP contribution in [0.2, 0.25) is 0 Å². The molecule has 0 heterocycles. The van der Waals surface area contributed by atoms with E-state index in [-0.39, 0.29) is 11.3 Å². The Morgan fingerprint density at radius 1 is 1.00 bits per heavy atom. The van der Waals surface area contributed by atoms with Crippen LogP contribution in [0.1, 0.15) is 10.4 Å². The number of carbonyl (C=O) groups is 2. The van der Waals surface area contributed by atoms with E-state index >= 15 is 0 Å². The minimum absolute atomic E-state index is 0.0112. The van der Waals surface area contributed by atoms with Crippen molar-refractivity contribution in [3.8, 4) is 0 Å². The summed E-state index contributed by atoms with van der Waals surface area (Å²) in [6.07, 6.45) is -4.96. The van der Waals surface area contributed by atoms with E-state index in [1.807, 2.05) is 0 Å². The fourth-order valence-corrected chi connectivity index (χ4v) is 1.66. The smallest absolute Gasteiger partial charge is 0.471 e. The third kappa shape index (κ3) is 2.87. The van der Waals surface area contributed by atoms with Crippen molar-refractivity contribution in [3.63, 3.8) is 0 Å². The Morgan fingerprint density at radius 3 is 2.20 bits per heavy atom. The Morgan fingerprint density at radius 2 is 1.60 bits per heavy atom. The maximum atomic E-state index is 12.1. The molecule has 104 valence electrons. The number of aromatic carboxylic acids is 1. The topological polar surface area (TPSA) is 66.4 Å². The van der Waals surface area contributed by atoms with E-state index < -0.39 is 18.1 Å². The number of anilines is 1. The first-order chi connectivity index (χ1) is 9.27. The normalized spacial score (nSPS) is 11.3. The molecule has 0 aromatic heterocycles. The number of amides is 1. The van der Waals surface area contributed by atoms with Crippen molar-refractivity contribution in [1.29, 1.82) is 0 Å². The molecule has 2 N–H and O–H groups in total. The van der Waals surface area contributed by atoms with Gasteiger partial charge in [0.1, 0.15) is 0 Å². The van der Waals surface area contributed by atoms with E-state index in [4.69, 9.17) is 5.11 Å². The second kappa shape index (κ2) is 4.84. The van der Waals surface area contributed by atoms with Crippen molar-refractivity contribution in [1.82, 2.24) is 0 Å². The van der Waals surface area contributed by atoms with E-state index in [0.717, 1.165) is 0 Å². The van der Waals surface area contributed by atoms with E-state index in [1.165, 1.54) is 36.4 Å². The lowest BCUT2D eigenvalue weighted by atomic mass is 10.1. The lowest BCUT2D eigenvalue weighted by Crippen LogP contribution is -2.29. The first-order valence-corrected chi connectivity index (χ1v) is 5.42. The van der Waals surface area contributed by atoms with Crippen LogP contribution in [0.4, 0.5) is 18.9 Å². The van der Waals surface area contributed by atoms with Gasteiger partial charge in [-0.2, -0.15) is 13.2 Å². The highest BCUT2D eigenvalue weighted by Gasteiger charge is 2.38. The lowest BCUT2D eigenvalue weighted by molar-refractivity contribution is -0.167. The minimum atomic E-state index is -4.96. The summed E-state index contributed by atoms with van der Waals surface area (Å²) in [6.45, 7) is 0. The molecule has 7 heteroatoms. The zero-order valence-electron chi connectivity index (χ0n) is 9.86. The maximum absolute atomic E-state index is 12.1. The number of rotatable bonds is 2. The Balaban J connectivity index is 2.33. The largest absolute Gasteiger partial charge is 0.478 e. The number of alkyl halides is 3. The molecular weight excluding hydrogens is 275 g/mol. The van der Waals surface area contributed by atoms with Gasteiger partial charge in [0.05, 0.1) is 5.56 Å². The number of carboxylic acid groups (broad SMARTS) is 1. The molecule has 0 spiro atoms.